The molecular weight excluding hydrogens is 362 g/mol. The summed E-state index contributed by atoms with van der Waals surface area (Å²) in [6, 6.07) is 14.5. The highest BCUT2D eigenvalue weighted by atomic mass is 16.5. The Kier molecular flexibility index (Phi) is 6.11. The fourth-order valence-electron chi connectivity index (χ4n) is 2.47. The first-order valence-corrected chi connectivity index (χ1v) is 8.57. The summed E-state index contributed by atoms with van der Waals surface area (Å²) >= 11 is 0. The molecule has 0 radical (unpaired) electrons. The molecule has 3 rings (SSSR count). The Morgan fingerprint density at radius 1 is 1.07 bits per heavy atom. The van der Waals surface area contributed by atoms with E-state index in [0.29, 0.717) is 34.5 Å². The van der Waals surface area contributed by atoms with Crippen LogP contribution in [0.1, 0.15) is 5.89 Å². The number of hydrogen-bond donors (Lipinski definition) is 0. The second-order valence-corrected chi connectivity index (χ2v) is 5.93. The lowest BCUT2D eigenvalue weighted by atomic mass is 10.2. The summed E-state index contributed by atoms with van der Waals surface area (Å²) in [7, 11) is 4.77. The molecule has 0 saturated carbocycles. The van der Waals surface area contributed by atoms with Gasteiger partial charge in [-0.25, -0.2) is 0 Å². The third-order valence-electron chi connectivity index (χ3n) is 4.01. The number of hydrogen-bond acceptors (Lipinski definition) is 7. The minimum Gasteiger partial charge on any atom is -0.493 e. The van der Waals surface area contributed by atoms with Crippen molar-refractivity contribution in [2.75, 3.05) is 27.9 Å². The van der Waals surface area contributed by atoms with Crippen LogP contribution in [0.25, 0.3) is 11.4 Å². The molecule has 3 aromatic rings. The van der Waals surface area contributed by atoms with Crippen LogP contribution in [0.3, 0.4) is 0 Å². The van der Waals surface area contributed by atoms with Crippen molar-refractivity contribution < 1.29 is 23.5 Å². The largest absolute Gasteiger partial charge is 0.493 e. The molecule has 8 nitrogen and oxygen atoms in total. The third kappa shape index (κ3) is 4.59. The normalized spacial score (nSPS) is 10.4. The van der Waals surface area contributed by atoms with E-state index in [1.54, 1.807) is 51.6 Å². The third-order valence-corrected chi connectivity index (χ3v) is 4.01. The number of nitrogens with zero attached hydrogens (tertiary/aromatic N) is 3. The Morgan fingerprint density at radius 2 is 1.82 bits per heavy atom. The first kappa shape index (κ1) is 19.2. The molecule has 146 valence electrons. The number of carbonyl (C=O) groups excluding carboxylic acids is 1. The van der Waals surface area contributed by atoms with Crippen LogP contribution in [0.2, 0.25) is 0 Å². The van der Waals surface area contributed by atoms with Gasteiger partial charge in [0.2, 0.25) is 11.7 Å². The number of likely N-dealkylation sites (N-methyl/N-ethyl adjacent to an activating group) is 1. The number of aromatic nitrogens is 2. The van der Waals surface area contributed by atoms with Crippen LogP contribution < -0.4 is 14.2 Å². The lowest BCUT2D eigenvalue weighted by Crippen LogP contribution is -2.31. The number of benzene rings is 2. The van der Waals surface area contributed by atoms with Crippen LogP contribution in [-0.4, -0.2) is 48.8 Å². The topological polar surface area (TPSA) is 86.9 Å². The average molecular weight is 383 g/mol. The molecule has 0 spiro atoms. The minimum atomic E-state index is -0.199. The summed E-state index contributed by atoms with van der Waals surface area (Å²) in [4.78, 5) is 18.0. The van der Waals surface area contributed by atoms with Crippen molar-refractivity contribution in [2.45, 2.75) is 6.54 Å². The van der Waals surface area contributed by atoms with E-state index in [-0.39, 0.29) is 19.1 Å². The summed E-state index contributed by atoms with van der Waals surface area (Å²) in [6.45, 7) is 0.106. The van der Waals surface area contributed by atoms with E-state index in [1.807, 2.05) is 18.2 Å². The van der Waals surface area contributed by atoms with Crippen molar-refractivity contribution in [3.63, 3.8) is 0 Å². The maximum Gasteiger partial charge on any atom is 0.260 e. The molecule has 28 heavy (non-hydrogen) atoms. The molecule has 0 N–H and O–H groups in total. The van der Waals surface area contributed by atoms with Crippen molar-refractivity contribution in [1.82, 2.24) is 15.0 Å². The van der Waals surface area contributed by atoms with Crippen molar-refractivity contribution in [1.29, 1.82) is 0 Å². The van der Waals surface area contributed by atoms with Crippen LogP contribution in [-0.2, 0) is 11.3 Å². The van der Waals surface area contributed by atoms with Crippen molar-refractivity contribution in [3.8, 4) is 28.6 Å². The molecule has 0 atom stereocenters. The molecule has 1 amide bonds. The van der Waals surface area contributed by atoms with Gasteiger partial charge < -0.3 is 23.6 Å². The SMILES string of the molecule is COc1ccc(-c2noc(CN(C)C(=O)COc3ccccc3)n2)cc1OC. The Bertz CT molecular complexity index is 927. The Labute approximate surface area is 162 Å². The number of amides is 1. The zero-order chi connectivity index (χ0) is 19.9. The molecule has 0 aliphatic heterocycles. The highest BCUT2D eigenvalue weighted by Gasteiger charge is 2.16. The van der Waals surface area contributed by atoms with E-state index in [9.17, 15) is 4.79 Å². The average Bonchev–Trinajstić information content (AvgIpc) is 3.20. The second kappa shape index (κ2) is 8.90. The van der Waals surface area contributed by atoms with Crippen LogP contribution >= 0.6 is 0 Å². The monoisotopic (exact) mass is 383 g/mol. The van der Waals surface area contributed by atoms with E-state index in [2.05, 4.69) is 10.1 Å². The van der Waals surface area contributed by atoms with Crippen LogP contribution in [0.4, 0.5) is 0 Å². The van der Waals surface area contributed by atoms with Gasteiger partial charge in [-0.1, -0.05) is 23.4 Å². The lowest BCUT2D eigenvalue weighted by molar-refractivity contribution is -0.132. The van der Waals surface area contributed by atoms with Gasteiger partial charge in [-0.15, -0.1) is 0 Å². The maximum atomic E-state index is 12.2. The van der Waals surface area contributed by atoms with E-state index in [4.69, 9.17) is 18.7 Å². The van der Waals surface area contributed by atoms with Gasteiger partial charge in [0.25, 0.3) is 5.91 Å². The van der Waals surface area contributed by atoms with Crippen molar-refractivity contribution >= 4 is 5.91 Å². The summed E-state index contributed by atoms with van der Waals surface area (Å²) in [6.07, 6.45) is 0. The fraction of sp³-hybridized carbons (Fsp3) is 0.250. The number of methoxy groups -OCH3 is 2. The molecule has 2 aromatic carbocycles. The van der Waals surface area contributed by atoms with E-state index in [0.717, 1.165) is 0 Å². The molecule has 0 aliphatic carbocycles. The van der Waals surface area contributed by atoms with Gasteiger partial charge in [0, 0.05) is 12.6 Å². The predicted molar refractivity (Wildman–Crippen MR) is 101 cm³/mol. The van der Waals surface area contributed by atoms with Crippen molar-refractivity contribution in [2.24, 2.45) is 0 Å². The Morgan fingerprint density at radius 3 is 2.54 bits per heavy atom. The first-order chi connectivity index (χ1) is 13.6. The van der Waals surface area contributed by atoms with Gasteiger partial charge in [0.15, 0.2) is 18.1 Å². The van der Waals surface area contributed by atoms with Crippen LogP contribution in [0.15, 0.2) is 53.1 Å². The molecule has 1 aromatic heterocycles. The summed E-state index contributed by atoms with van der Waals surface area (Å²) in [5.74, 6) is 2.33. The molecule has 8 heteroatoms. The van der Waals surface area contributed by atoms with Gasteiger partial charge in [-0.2, -0.15) is 4.98 Å². The fourth-order valence-corrected chi connectivity index (χ4v) is 2.47. The van der Waals surface area contributed by atoms with Gasteiger partial charge in [0.05, 0.1) is 20.8 Å². The zero-order valence-electron chi connectivity index (χ0n) is 15.9. The first-order valence-electron chi connectivity index (χ1n) is 8.57. The quantitative estimate of drug-likeness (QED) is 0.591. The molecule has 0 saturated heterocycles. The van der Waals surface area contributed by atoms with Gasteiger partial charge in [-0.3, -0.25) is 4.79 Å². The summed E-state index contributed by atoms with van der Waals surface area (Å²) < 4.78 is 21.2. The zero-order valence-corrected chi connectivity index (χ0v) is 15.9. The summed E-state index contributed by atoms with van der Waals surface area (Å²) in [5.41, 5.74) is 0.717. The maximum absolute atomic E-state index is 12.2. The Balaban J connectivity index is 1.61. The van der Waals surface area contributed by atoms with E-state index in [1.165, 1.54) is 4.90 Å². The van der Waals surface area contributed by atoms with Gasteiger partial charge in [0.1, 0.15) is 5.75 Å². The molecule has 0 unspecified atom stereocenters. The number of para-hydroxylation sites is 1. The second-order valence-electron chi connectivity index (χ2n) is 5.93. The standard InChI is InChI=1S/C20H21N3O5/c1-23(19(24)13-27-15-7-5-4-6-8-15)12-18-21-20(22-28-18)14-9-10-16(25-2)17(11-14)26-3/h4-11H,12-13H2,1-3H3. The van der Waals surface area contributed by atoms with E-state index >= 15 is 0 Å². The van der Waals surface area contributed by atoms with Crippen molar-refractivity contribution in [3.05, 3.63) is 54.4 Å². The van der Waals surface area contributed by atoms with Crippen LogP contribution in [0.5, 0.6) is 17.2 Å². The summed E-state index contributed by atoms with van der Waals surface area (Å²) in [5, 5.41) is 3.97. The van der Waals surface area contributed by atoms with E-state index < -0.39 is 0 Å². The highest BCUT2D eigenvalue weighted by molar-refractivity contribution is 5.77. The number of carbonyl (C=O) groups is 1. The molecular formula is C20H21N3O5. The smallest absolute Gasteiger partial charge is 0.260 e. The predicted octanol–water partition coefficient (Wildman–Crippen LogP) is 2.79. The molecule has 0 fully saturated rings. The van der Waals surface area contributed by atoms with Crippen LogP contribution in [0, 0.1) is 0 Å². The number of rotatable bonds is 8. The lowest BCUT2D eigenvalue weighted by Gasteiger charge is -2.15. The van der Waals surface area contributed by atoms with Gasteiger partial charge in [-0.05, 0) is 30.3 Å². The minimum absolute atomic E-state index is 0.0722. The highest BCUT2D eigenvalue weighted by Crippen LogP contribution is 2.31. The molecule has 0 bridgehead atoms. The van der Waals surface area contributed by atoms with Gasteiger partial charge >= 0.3 is 0 Å². The molecule has 0 aliphatic rings. The molecule has 1 heterocycles. The number of ether oxygens (including phenoxy) is 3. The Hall–Kier alpha value is -3.55.